The lowest BCUT2D eigenvalue weighted by Crippen LogP contribution is -2.18. The molecule has 0 saturated heterocycles. The van der Waals surface area contributed by atoms with Gasteiger partial charge >= 0.3 is 0 Å². The predicted octanol–water partition coefficient (Wildman–Crippen LogP) is 2.83. The number of hydrogen-bond acceptors (Lipinski definition) is 3. The monoisotopic (exact) mass is 275 g/mol. The van der Waals surface area contributed by atoms with Crippen LogP contribution in [0.4, 0.5) is 0 Å². The van der Waals surface area contributed by atoms with Gasteiger partial charge in [0, 0.05) is 30.9 Å². The Kier molecular flexibility index (Phi) is 4.91. The van der Waals surface area contributed by atoms with Crippen molar-refractivity contribution in [2.24, 2.45) is 5.73 Å². The van der Waals surface area contributed by atoms with Crippen molar-refractivity contribution < 1.29 is 0 Å². The Morgan fingerprint density at radius 2 is 1.74 bits per heavy atom. The zero-order valence-electron chi connectivity index (χ0n) is 11.0. The summed E-state index contributed by atoms with van der Waals surface area (Å²) in [5.41, 5.74) is 8.90. The summed E-state index contributed by atoms with van der Waals surface area (Å²) < 4.78 is 0. The highest BCUT2D eigenvalue weighted by Crippen LogP contribution is 2.12. The maximum absolute atomic E-state index is 5.87. The van der Waals surface area contributed by atoms with Crippen LogP contribution in [0.2, 0.25) is 5.02 Å². The Hall–Kier alpha value is -1.42. The second-order valence-corrected chi connectivity index (χ2v) is 5.10. The minimum Gasteiger partial charge on any atom is -0.326 e. The zero-order valence-corrected chi connectivity index (χ0v) is 11.8. The van der Waals surface area contributed by atoms with Gasteiger partial charge in [-0.2, -0.15) is 0 Å². The standard InChI is InChI=1S/C15H18ClN3/c1-19(10-12-2-5-14(16)6-3-12)11-15-7-4-13(8-17)9-18-15/h2-7,9H,8,10-11,17H2,1H3. The van der Waals surface area contributed by atoms with E-state index in [0.717, 1.165) is 29.4 Å². The highest BCUT2D eigenvalue weighted by molar-refractivity contribution is 6.30. The summed E-state index contributed by atoms with van der Waals surface area (Å²) in [4.78, 5) is 6.62. The van der Waals surface area contributed by atoms with Crippen molar-refractivity contribution in [3.8, 4) is 0 Å². The molecule has 0 aliphatic carbocycles. The predicted molar refractivity (Wildman–Crippen MR) is 78.8 cm³/mol. The summed E-state index contributed by atoms with van der Waals surface area (Å²) in [6.45, 7) is 2.22. The minimum absolute atomic E-state index is 0.536. The van der Waals surface area contributed by atoms with E-state index in [1.165, 1.54) is 5.56 Å². The molecule has 1 aromatic heterocycles. The normalized spacial score (nSPS) is 10.9. The molecule has 2 aromatic rings. The molecule has 0 bridgehead atoms. The number of nitrogens with two attached hydrogens (primary N) is 1. The van der Waals surface area contributed by atoms with E-state index in [1.54, 1.807) is 0 Å². The molecule has 3 nitrogen and oxygen atoms in total. The average molecular weight is 276 g/mol. The van der Waals surface area contributed by atoms with Crippen molar-refractivity contribution in [3.05, 3.63) is 64.4 Å². The van der Waals surface area contributed by atoms with Crippen LogP contribution in [0.15, 0.2) is 42.6 Å². The Morgan fingerprint density at radius 1 is 1.05 bits per heavy atom. The van der Waals surface area contributed by atoms with E-state index in [1.807, 2.05) is 42.6 Å². The van der Waals surface area contributed by atoms with Gasteiger partial charge in [-0.05, 0) is 36.4 Å². The Balaban J connectivity index is 1.92. The highest BCUT2D eigenvalue weighted by atomic mass is 35.5. The van der Waals surface area contributed by atoms with Crippen molar-refractivity contribution in [2.45, 2.75) is 19.6 Å². The summed E-state index contributed by atoms with van der Waals surface area (Å²) in [5.74, 6) is 0. The van der Waals surface area contributed by atoms with Gasteiger partial charge in [-0.1, -0.05) is 29.8 Å². The van der Waals surface area contributed by atoms with Gasteiger partial charge in [0.1, 0.15) is 0 Å². The molecule has 0 unspecified atom stereocenters. The van der Waals surface area contributed by atoms with E-state index in [0.29, 0.717) is 6.54 Å². The topological polar surface area (TPSA) is 42.1 Å². The van der Waals surface area contributed by atoms with Gasteiger partial charge in [0.05, 0.1) is 5.69 Å². The summed E-state index contributed by atoms with van der Waals surface area (Å²) in [7, 11) is 2.08. The number of pyridine rings is 1. The van der Waals surface area contributed by atoms with Gasteiger partial charge in [-0.15, -0.1) is 0 Å². The molecule has 2 N–H and O–H groups in total. The van der Waals surface area contributed by atoms with Crippen LogP contribution < -0.4 is 5.73 Å². The number of rotatable bonds is 5. The summed E-state index contributed by atoms with van der Waals surface area (Å²) >= 11 is 5.87. The van der Waals surface area contributed by atoms with Gasteiger partial charge in [0.15, 0.2) is 0 Å². The van der Waals surface area contributed by atoms with Crippen LogP contribution in [0.25, 0.3) is 0 Å². The van der Waals surface area contributed by atoms with E-state index in [4.69, 9.17) is 17.3 Å². The molecule has 0 fully saturated rings. The van der Waals surface area contributed by atoms with Crippen LogP contribution in [0.1, 0.15) is 16.8 Å². The molecule has 0 aliphatic rings. The number of benzene rings is 1. The van der Waals surface area contributed by atoms with E-state index in [-0.39, 0.29) is 0 Å². The molecule has 0 spiro atoms. The lowest BCUT2D eigenvalue weighted by Gasteiger charge is -2.16. The third-order valence-corrected chi connectivity index (χ3v) is 3.17. The molecule has 100 valence electrons. The average Bonchev–Trinajstić information content (AvgIpc) is 2.42. The number of hydrogen-bond donors (Lipinski definition) is 1. The van der Waals surface area contributed by atoms with Crippen LogP contribution in [0.3, 0.4) is 0 Å². The Bertz CT molecular complexity index is 508. The minimum atomic E-state index is 0.536. The molecule has 4 heteroatoms. The fraction of sp³-hybridized carbons (Fsp3) is 0.267. The fourth-order valence-electron chi connectivity index (χ4n) is 1.90. The van der Waals surface area contributed by atoms with Crippen LogP contribution >= 0.6 is 11.6 Å². The van der Waals surface area contributed by atoms with Crippen molar-refractivity contribution in [1.82, 2.24) is 9.88 Å². The number of nitrogens with zero attached hydrogens (tertiary/aromatic N) is 2. The third kappa shape index (κ3) is 4.31. The van der Waals surface area contributed by atoms with Gasteiger partial charge in [0.25, 0.3) is 0 Å². The maximum atomic E-state index is 5.87. The summed E-state index contributed by atoms with van der Waals surface area (Å²) in [6, 6.07) is 12.0. The fourth-order valence-corrected chi connectivity index (χ4v) is 2.03. The first-order valence-electron chi connectivity index (χ1n) is 6.24. The molecule has 0 radical (unpaired) electrons. The van der Waals surface area contributed by atoms with Gasteiger partial charge < -0.3 is 5.73 Å². The summed E-state index contributed by atoms with van der Waals surface area (Å²) in [6.07, 6.45) is 1.84. The first-order valence-corrected chi connectivity index (χ1v) is 6.62. The van der Waals surface area contributed by atoms with Crippen LogP contribution in [-0.2, 0) is 19.6 Å². The Labute approximate surface area is 119 Å². The van der Waals surface area contributed by atoms with E-state index < -0.39 is 0 Å². The molecule has 19 heavy (non-hydrogen) atoms. The van der Waals surface area contributed by atoms with Gasteiger partial charge in [-0.3, -0.25) is 9.88 Å². The van der Waals surface area contributed by atoms with Crippen molar-refractivity contribution >= 4 is 11.6 Å². The number of aromatic nitrogens is 1. The summed E-state index contributed by atoms with van der Waals surface area (Å²) in [5, 5.41) is 0.769. The molecule has 0 atom stereocenters. The van der Waals surface area contributed by atoms with E-state index >= 15 is 0 Å². The lowest BCUT2D eigenvalue weighted by molar-refractivity contribution is 0.315. The maximum Gasteiger partial charge on any atom is 0.0544 e. The first kappa shape index (κ1) is 14.0. The molecule has 0 saturated carbocycles. The molecule has 0 aliphatic heterocycles. The van der Waals surface area contributed by atoms with E-state index in [2.05, 4.69) is 16.9 Å². The number of halogens is 1. The molecule has 1 heterocycles. The van der Waals surface area contributed by atoms with Crippen molar-refractivity contribution in [2.75, 3.05) is 7.05 Å². The molecule has 1 aromatic carbocycles. The lowest BCUT2D eigenvalue weighted by atomic mass is 10.2. The highest BCUT2D eigenvalue weighted by Gasteiger charge is 2.03. The second kappa shape index (κ2) is 6.66. The molecule has 2 rings (SSSR count). The van der Waals surface area contributed by atoms with Crippen LogP contribution in [-0.4, -0.2) is 16.9 Å². The molecular formula is C15H18ClN3. The van der Waals surface area contributed by atoms with Crippen molar-refractivity contribution in [3.63, 3.8) is 0 Å². The smallest absolute Gasteiger partial charge is 0.0544 e. The molecule has 0 amide bonds. The SMILES string of the molecule is CN(Cc1ccc(Cl)cc1)Cc1ccc(CN)cn1. The van der Waals surface area contributed by atoms with Gasteiger partial charge in [0.2, 0.25) is 0 Å². The zero-order chi connectivity index (χ0) is 13.7. The van der Waals surface area contributed by atoms with E-state index in [9.17, 15) is 0 Å². The van der Waals surface area contributed by atoms with Crippen LogP contribution in [0.5, 0.6) is 0 Å². The third-order valence-electron chi connectivity index (χ3n) is 2.92. The van der Waals surface area contributed by atoms with Crippen molar-refractivity contribution in [1.29, 1.82) is 0 Å². The quantitative estimate of drug-likeness (QED) is 0.912. The van der Waals surface area contributed by atoms with Crippen LogP contribution in [0, 0.1) is 0 Å². The second-order valence-electron chi connectivity index (χ2n) is 4.66. The largest absolute Gasteiger partial charge is 0.326 e. The van der Waals surface area contributed by atoms with Gasteiger partial charge in [-0.25, -0.2) is 0 Å². The first-order chi connectivity index (χ1) is 9.17. The molecular weight excluding hydrogens is 258 g/mol. The Morgan fingerprint density at radius 3 is 2.32 bits per heavy atom.